The van der Waals surface area contributed by atoms with Crippen LogP contribution in [0.25, 0.3) is 0 Å². The van der Waals surface area contributed by atoms with Crippen molar-refractivity contribution in [2.75, 3.05) is 39.4 Å². The first-order valence-electron chi connectivity index (χ1n) is 7.07. The predicted octanol–water partition coefficient (Wildman–Crippen LogP) is 0.690. The highest BCUT2D eigenvalue weighted by Gasteiger charge is 2.20. The Morgan fingerprint density at radius 3 is 3.10 bits per heavy atom. The zero-order valence-electron chi connectivity index (χ0n) is 11.7. The summed E-state index contributed by atoms with van der Waals surface area (Å²) >= 11 is 0. The van der Waals surface area contributed by atoms with Crippen molar-refractivity contribution in [3.05, 3.63) is 29.8 Å². The van der Waals surface area contributed by atoms with E-state index in [0.29, 0.717) is 25.7 Å². The van der Waals surface area contributed by atoms with Crippen LogP contribution in [0.5, 0.6) is 5.75 Å². The Balaban J connectivity index is 1.77. The third-order valence-electron chi connectivity index (χ3n) is 3.47. The Bertz CT molecular complexity index is 479. The van der Waals surface area contributed by atoms with Crippen molar-refractivity contribution in [2.24, 2.45) is 11.7 Å². The molecule has 0 saturated carbocycles. The van der Waals surface area contributed by atoms with Crippen molar-refractivity contribution >= 4 is 0 Å². The molecule has 0 aromatic heterocycles. The lowest BCUT2D eigenvalue weighted by Gasteiger charge is -2.15. The van der Waals surface area contributed by atoms with Gasteiger partial charge in [0.2, 0.25) is 0 Å². The lowest BCUT2D eigenvalue weighted by molar-refractivity contribution is 0.204. The minimum atomic E-state index is 0.291. The molecule has 4 heteroatoms. The number of nitrogens with zero attached hydrogens (tertiary/aromatic N) is 1. The number of rotatable bonds is 5. The minimum Gasteiger partial charge on any atom is -0.492 e. The Kier molecular flexibility index (Phi) is 5.87. The molecule has 1 heterocycles. The van der Waals surface area contributed by atoms with Gasteiger partial charge in [0.1, 0.15) is 12.4 Å². The zero-order valence-corrected chi connectivity index (χ0v) is 11.7. The molecule has 1 aromatic carbocycles. The third kappa shape index (κ3) is 4.53. The van der Waals surface area contributed by atoms with Gasteiger partial charge in [-0.3, -0.25) is 4.90 Å². The molecule has 2 rings (SSSR count). The highest BCUT2D eigenvalue weighted by molar-refractivity contribution is 5.39. The average molecular weight is 274 g/mol. The molecule has 1 atom stereocenters. The summed E-state index contributed by atoms with van der Waals surface area (Å²) in [5.41, 5.74) is 6.28. The van der Waals surface area contributed by atoms with Crippen LogP contribution in [-0.4, -0.2) is 49.4 Å². The number of aliphatic hydroxyl groups excluding tert-OH is 1. The predicted molar refractivity (Wildman–Crippen MR) is 79.5 cm³/mol. The minimum absolute atomic E-state index is 0.291. The van der Waals surface area contributed by atoms with E-state index in [9.17, 15) is 0 Å². The van der Waals surface area contributed by atoms with E-state index in [1.807, 2.05) is 24.3 Å². The molecule has 108 valence electrons. The molecule has 1 aliphatic rings. The fourth-order valence-corrected chi connectivity index (χ4v) is 2.37. The summed E-state index contributed by atoms with van der Waals surface area (Å²) in [7, 11) is 0. The van der Waals surface area contributed by atoms with Gasteiger partial charge >= 0.3 is 0 Å². The van der Waals surface area contributed by atoms with Crippen LogP contribution in [0.4, 0.5) is 0 Å². The van der Waals surface area contributed by atoms with Crippen molar-refractivity contribution < 1.29 is 9.84 Å². The van der Waals surface area contributed by atoms with E-state index in [-0.39, 0.29) is 0 Å². The maximum Gasteiger partial charge on any atom is 0.120 e. The summed E-state index contributed by atoms with van der Waals surface area (Å²) in [6.07, 6.45) is 1.08. The van der Waals surface area contributed by atoms with Crippen LogP contribution in [0.3, 0.4) is 0 Å². The second-order valence-corrected chi connectivity index (χ2v) is 5.02. The van der Waals surface area contributed by atoms with Crippen molar-refractivity contribution in [1.29, 1.82) is 0 Å². The number of hydrogen-bond acceptors (Lipinski definition) is 4. The Morgan fingerprint density at radius 2 is 2.35 bits per heavy atom. The van der Waals surface area contributed by atoms with E-state index < -0.39 is 0 Å². The van der Waals surface area contributed by atoms with Crippen molar-refractivity contribution in [2.45, 2.75) is 6.42 Å². The maximum atomic E-state index is 9.11. The molecular weight excluding hydrogens is 252 g/mol. The van der Waals surface area contributed by atoms with Crippen LogP contribution < -0.4 is 10.5 Å². The number of hydrogen-bond donors (Lipinski definition) is 2. The molecule has 1 aliphatic heterocycles. The normalized spacial score (nSPS) is 18.6. The molecule has 1 fully saturated rings. The number of ether oxygens (including phenoxy) is 1. The van der Waals surface area contributed by atoms with Gasteiger partial charge in [0.15, 0.2) is 0 Å². The molecule has 20 heavy (non-hydrogen) atoms. The van der Waals surface area contributed by atoms with Gasteiger partial charge in [0.05, 0.1) is 6.54 Å². The highest BCUT2D eigenvalue weighted by atomic mass is 16.5. The summed E-state index contributed by atoms with van der Waals surface area (Å²) in [6, 6.07) is 7.76. The van der Waals surface area contributed by atoms with E-state index in [1.165, 1.54) is 0 Å². The maximum absolute atomic E-state index is 9.11. The van der Waals surface area contributed by atoms with Crippen LogP contribution in [0, 0.1) is 17.8 Å². The van der Waals surface area contributed by atoms with Crippen LogP contribution in [0.2, 0.25) is 0 Å². The summed E-state index contributed by atoms with van der Waals surface area (Å²) < 4.78 is 5.75. The SMILES string of the molecule is NCC#Cc1cccc(OCCN2CCC(CO)C2)c1. The van der Waals surface area contributed by atoms with Crippen molar-refractivity contribution in [3.63, 3.8) is 0 Å². The van der Waals surface area contributed by atoms with Gasteiger partial charge in [0.25, 0.3) is 0 Å². The monoisotopic (exact) mass is 274 g/mol. The lowest BCUT2D eigenvalue weighted by Crippen LogP contribution is -2.26. The van der Waals surface area contributed by atoms with Gasteiger partial charge in [0, 0.05) is 25.3 Å². The zero-order chi connectivity index (χ0) is 14.2. The molecular formula is C16H22N2O2. The largest absolute Gasteiger partial charge is 0.492 e. The standard InChI is InChI=1S/C16H22N2O2/c17-7-2-4-14-3-1-5-16(11-14)20-10-9-18-8-6-15(12-18)13-19/h1,3,5,11,15,19H,6-10,12-13,17H2. The van der Waals surface area contributed by atoms with Gasteiger partial charge in [-0.25, -0.2) is 0 Å². The summed E-state index contributed by atoms with van der Waals surface area (Å²) in [6.45, 7) is 4.24. The van der Waals surface area contributed by atoms with Crippen LogP contribution in [-0.2, 0) is 0 Å². The average Bonchev–Trinajstić information content (AvgIpc) is 2.93. The quantitative estimate of drug-likeness (QED) is 0.776. The smallest absolute Gasteiger partial charge is 0.120 e. The van der Waals surface area contributed by atoms with E-state index in [0.717, 1.165) is 37.4 Å². The Morgan fingerprint density at radius 1 is 1.45 bits per heavy atom. The molecule has 0 spiro atoms. The summed E-state index contributed by atoms with van der Waals surface area (Å²) in [4.78, 5) is 2.33. The Labute approximate surface area is 120 Å². The van der Waals surface area contributed by atoms with E-state index in [4.69, 9.17) is 15.6 Å². The first-order chi connectivity index (χ1) is 9.81. The molecule has 3 N–H and O–H groups in total. The topological polar surface area (TPSA) is 58.7 Å². The first kappa shape index (κ1) is 14.9. The number of aliphatic hydroxyl groups is 1. The molecule has 0 amide bonds. The number of nitrogens with two attached hydrogens (primary N) is 1. The molecule has 1 aromatic rings. The van der Waals surface area contributed by atoms with Crippen LogP contribution in [0.1, 0.15) is 12.0 Å². The van der Waals surface area contributed by atoms with Gasteiger partial charge in [-0.1, -0.05) is 17.9 Å². The lowest BCUT2D eigenvalue weighted by atomic mass is 10.1. The first-order valence-corrected chi connectivity index (χ1v) is 7.07. The van der Waals surface area contributed by atoms with E-state index >= 15 is 0 Å². The third-order valence-corrected chi connectivity index (χ3v) is 3.47. The van der Waals surface area contributed by atoms with Crippen molar-refractivity contribution in [3.8, 4) is 17.6 Å². The molecule has 4 nitrogen and oxygen atoms in total. The molecule has 0 aliphatic carbocycles. The molecule has 0 bridgehead atoms. The Hall–Kier alpha value is -1.54. The second-order valence-electron chi connectivity index (χ2n) is 5.02. The fourth-order valence-electron chi connectivity index (χ4n) is 2.37. The highest BCUT2D eigenvalue weighted by Crippen LogP contribution is 2.16. The fraction of sp³-hybridized carbons (Fsp3) is 0.500. The van der Waals surface area contributed by atoms with Crippen LogP contribution >= 0.6 is 0 Å². The van der Waals surface area contributed by atoms with Gasteiger partial charge in [-0.15, -0.1) is 0 Å². The van der Waals surface area contributed by atoms with Gasteiger partial charge in [-0.2, -0.15) is 0 Å². The van der Waals surface area contributed by atoms with Gasteiger partial charge in [-0.05, 0) is 37.1 Å². The molecule has 0 radical (unpaired) electrons. The number of benzene rings is 1. The summed E-state index contributed by atoms with van der Waals surface area (Å²) in [5.74, 6) is 7.11. The molecule has 1 unspecified atom stereocenters. The molecule has 1 saturated heterocycles. The van der Waals surface area contributed by atoms with Crippen LogP contribution in [0.15, 0.2) is 24.3 Å². The van der Waals surface area contributed by atoms with Crippen molar-refractivity contribution in [1.82, 2.24) is 4.90 Å². The van der Waals surface area contributed by atoms with E-state index in [1.54, 1.807) is 0 Å². The number of likely N-dealkylation sites (tertiary alicyclic amines) is 1. The van der Waals surface area contributed by atoms with Gasteiger partial charge < -0.3 is 15.6 Å². The summed E-state index contributed by atoms with van der Waals surface area (Å²) in [5, 5.41) is 9.11. The van der Waals surface area contributed by atoms with E-state index in [2.05, 4.69) is 16.7 Å². The second kappa shape index (κ2) is 7.91.